The molecule has 90 valence electrons. The SMILES string of the molecule is Cc1cccc(-c2nc3cc(N)cc(Cl)c3o2)c1. The van der Waals surface area contributed by atoms with Crippen LogP contribution < -0.4 is 5.73 Å². The first-order valence-electron chi connectivity index (χ1n) is 5.56. The van der Waals surface area contributed by atoms with E-state index in [9.17, 15) is 0 Å². The molecule has 18 heavy (non-hydrogen) atoms. The number of aromatic nitrogens is 1. The number of halogens is 1. The Morgan fingerprint density at radius 2 is 2.06 bits per heavy atom. The Balaban J connectivity index is 2.22. The highest BCUT2D eigenvalue weighted by atomic mass is 35.5. The Hall–Kier alpha value is -2.00. The van der Waals surface area contributed by atoms with Crippen molar-refractivity contribution in [2.24, 2.45) is 0 Å². The van der Waals surface area contributed by atoms with E-state index in [4.69, 9.17) is 21.8 Å². The maximum atomic E-state index is 6.08. The molecule has 0 radical (unpaired) electrons. The van der Waals surface area contributed by atoms with E-state index in [0.29, 0.717) is 27.7 Å². The van der Waals surface area contributed by atoms with Crippen LogP contribution in [0, 0.1) is 6.92 Å². The van der Waals surface area contributed by atoms with Gasteiger partial charge in [0.1, 0.15) is 5.52 Å². The third kappa shape index (κ3) is 1.83. The summed E-state index contributed by atoms with van der Waals surface area (Å²) in [5, 5.41) is 0.483. The first-order valence-corrected chi connectivity index (χ1v) is 5.94. The van der Waals surface area contributed by atoms with Crippen LogP contribution in [0.4, 0.5) is 5.69 Å². The fraction of sp³-hybridized carbons (Fsp3) is 0.0714. The topological polar surface area (TPSA) is 52.0 Å². The second kappa shape index (κ2) is 4.03. The van der Waals surface area contributed by atoms with Crippen LogP contribution >= 0.6 is 11.6 Å². The van der Waals surface area contributed by atoms with Gasteiger partial charge in [-0.2, -0.15) is 0 Å². The number of aryl methyl sites for hydroxylation is 1. The highest BCUT2D eigenvalue weighted by Crippen LogP contribution is 2.31. The number of nitrogens with two attached hydrogens (primary N) is 1. The van der Waals surface area contributed by atoms with Gasteiger partial charge in [0.15, 0.2) is 5.58 Å². The number of hydrogen-bond donors (Lipinski definition) is 1. The summed E-state index contributed by atoms with van der Waals surface area (Å²) in [7, 11) is 0. The second-order valence-corrected chi connectivity index (χ2v) is 4.65. The van der Waals surface area contributed by atoms with Crippen LogP contribution in [0.2, 0.25) is 5.02 Å². The van der Waals surface area contributed by atoms with E-state index >= 15 is 0 Å². The van der Waals surface area contributed by atoms with E-state index in [2.05, 4.69) is 4.98 Å². The van der Waals surface area contributed by atoms with Gasteiger partial charge in [-0.1, -0.05) is 29.3 Å². The number of oxazole rings is 1. The molecular formula is C14H11ClN2O. The monoisotopic (exact) mass is 258 g/mol. The molecule has 0 amide bonds. The molecule has 0 atom stereocenters. The molecule has 0 aliphatic rings. The Kier molecular flexibility index (Phi) is 2.49. The number of rotatable bonds is 1. The van der Waals surface area contributed by atoms with E-state index in [-0.39, 0.29) is 0 Å². The molecule has 3 aromatic rings. The fourth-order valence-corrected chi connectivity index (χ4v) is 2.18. The summed E-state index contributed by atoms with van der Waals surface area (Å²) in [6.07, 6.45) is 0. The van der Waals surface area contributed by atoms with Gasteiger partial charge in [0.05, 0.1) is 5.02 Å². The van der Waals surface area contributed by atoms with Crippen molar-refractivity contribution in [3.05, 3.63) is 47.0 Å². The summed E-state index contributed by atoms with van der Waals surface area (Å²) in [4.78, 5) is 4.41. The zero-order valence-corrected chi connectivity index (χ0v) is 10.5. The molecule has 0 unspecified atom stereocenters. The van der Waals surface area contributed by atoms with E-state index in [1.165, 1.54) is 0 Å². The van der Waals surface area contributed by atoms with Gasteiger partial charge >= 0.3 is 0 Å². The molecule has 0 saturated heterocycles. The maximum absolute atomic E-state index is 6.08. The van der Waals surface area contributed by atoms with Crippen LogP contribution in [0.25, 0.3) is 22.6 Å². The molecule has 3 nitrogen and oxygen atoms in total. The van der Waals surface area contributed by atoms with Gasteiger partial charge in [0.2, 0.25) is 5.89 Å². The lowest BCUT2D eigenvalue weighted by Gasteiger charge is -1.96. The summed E-state index contributed by atoms with van der Waals surface area (Å²) in [6, 6.07) is 11.4. The Morgan fingerprint density at radius 3 is 2.83 bits per heavy atom. The van der Waals surface area contributed by atoms with E-state index < -0.39 is 0 Å². The van der Waals surface area contributed by atoms with Crippen LogP contribution in [0.5, 0.6) is 0 Å². The van der Waals surface area contributed by atoms with Crippen LogP contribution in [0.3, 0.4) is 0 Å². The van der Waals surface area contributed by atoms with E-state index in [1.54, 1.807) is 12.1 Å². The molecule has 0 fully saturated rings. The first-order chi connectivity index (χ1) is 8.63. The predicted molar refractivity (Wildman–Crippen MR) is 73.6 cm³/mol. The summed E-state index contributed by atoms with van der Waals surface area (Å²) in [5.41, 5.74) is 9.64. The van der Waals surface area contributed by atoms with Crippen LogP contribution in [0.1, 0.15) is 5.56 Å². The summed E-state index contributed by atoms with van der Waals surface area (Å²) < 4.78 is 5.70. The fourth-order valence-electron chi connectivity index (χ4n) is 1.91. The molecular weight excluding hydrogens is 248 g/mol. The van der Waals surface area contributed by atoms with Crippen molar-refractivity contribution in [2.75, 3.05) is 5.73 Å². The molecule has 1 aromatic heterocycles. The smallest absolute Gasteiger partial charge is 0.227 e. The summed E-state index contributed by atoms with van der Waals surface area (Å²) in [5.74, 6) is 0.557. The van der Waals surface area contributed by atoms with Crippen LogP contribution in [-0.4, -0.2) is 4.98 Å². The lowest BCUT2D eigenvalue weighted by atomic mass is 10.1. The van der Waals surface area contributed by atoms with Crippen LogP contribution in [-0.2, 0) is 0 Å². The molecule has 2 N–H and O–H groups in total. The normalized spacial score (nSPS) is 11.0. The predicted octanol–water partition coefficient (Wildman–Crippen LogP) is 4.04. The van der Waals surface area contributed by atoms with Crippen molar-refractivity contribution in [2.45, 2.75) is 6.92 Å². The standard InChI is InChI=1S/C14H11ClN2O/c1-8-3-2-4-9(5-8)14-17-12-7-10(16)6-11(15)13(12)18-14/h2-7H,16H2,1H3. The highest BCUT2D eigenvalue weighted by molar-refractivity contribution is 6.35. The third-order valence-electron chi connectivity index (χ3n) is 2.73. The first kappa shape index (κ1) is 11.1. The molecule has 0 bridgehead atoms. The van der Waals surface area contributed by atoms with Gasteiger partial charge in [-0.25, -0.2) is 4.98 Å². The van der Waals surface area contributed by atoms with E-state index in [0.717, 1.165) is 11.1 Å². The average Bonchev–Trinajstić information content (AvgIpc) is 2.73. The van der Waals surface area contributed by atoms with Gasteiger partial charge in [0.25, 0.3) is 0 Å². The molecule has 0 spiro atoms. The maximum Gasteiger partial charge on any atom is 0.227 e. The highest BCUT2D eigenvalue weighted by Gasteiger charge is 2.11. The number of nitrogen functional groups attached to an aromatic ring is 1. The lowest BCUT2D eigenvalue weighted by molar-refractivity contribution is 0.620. The van der Waals surface area contributed by atoms with Crippen molar-refractivity contribution >= 4 is 28.4 Å². The molecule has 0 aliphatic carbocycles. The molecule has 1 heterocycles. The third-order valence-corrected chi connectivity index (χ3v) is 3.01. The number of nitrogens with zero attached hydrogens (tertiary/aromatic N) is 1. The summed E-state index contributed by atoms with van der Waals surface area (Å²) in [6.45, 7) is 2.02. The zero-order valence-electron chi connectivity index (χ0n) is 9.77. The lowest BCUT2D eigenvalue weighted by Crippen LogP contribution is -1.83. The number of benzene rings is 2. The van der Waals surface area contributed by atoms with Crippen molar-refractivity contribution in [1.29, 1.82) is 0 Å². The molecule has 2 aromatic carbocycles. The minimum atomic E-state index is 0.483. The quantitative estimate of drug-likeness (QED) is 0.670. The van der Waals surface area contributed by atoms with Crippen LogP contribution in [0.15, 0.2) is 40.8 Å². The Labute approximate surface area is 109 Å². The van der Waals surface area contributed by atoms with Crippen molar-refractivity contribution < 1.29 is 4.42 Å². The zero-order chi connectivity index (χ0) is 12.7. The number of hydrogen-bond acceptors (Lipinski definition) is 3. The van der Waals surface area contributed by atoms with Crippen molar-refractivity contribution in [1.82, 2.24) is 4.98 Å². The number of fused-ring (bicyclic) bond motifs is 1. The molecule has 0 saturated carbocycles. The van der Waals surface area contributed by atoms with Gasteiger partial charge in [0, 0.05) is 11.3 Å². The number of anilines is 1. The Bertz CT molecular complexity index is 734. The van der Waals surface area contributed by atoms with Gasteiger partial charge < -0.3 is 10.2 Å². The van der Waals surface area contributed by atoms with Crippen molar-refractivity contribution in [3.8, 4) is 11.5 Å². The average molecular weight is 259 g/mol. The minimum absolute atomic E-state index is 0.483. The molecule has 3 rings (SSSR count). The van der Waals surface area contributed by atoms with Gasteiger partial charge in [-0.15, -0.1) is 0 Å². The molecule has 0 aliphatic heterocycles. The largest absolute Gasteiger partial charge is 0.435 e. The van der Waals surface area contributed by atoms with Gasteiger partial charge in [-0.3, -0.25) is 0 Å². The minimum Gasteiger partial charge on any atom is -0.435 e. The second-order valence-electron chi connectivity index (χ2n) is 4.24. The molecule has 4 heteroatoms. The van der Waals surface area contributed by atoms with E-state index in [1.807, 2.05) is 31.2 Å². The van der Waals surface area contributed by atoms with Gasteiger partial charge in [-0.05, 0) is 31.2 Å². The summed E-state index contributed by atoms with van der Waals surface area (Å²) >= 11 is 6.08. The van der Waals surface area contributed by atoms with Crippen molar-refractivity contribution in [3.63, 3.8) is 0 Å². The Morgan fingerprint density at radius 1 is 1.22 bits per heavy atom.